The maximum Gasteiger partial charge on any atom is 0.458 e. The molecule has 1 aromatic carbocycles. The summed E-state index contributed by atoms with van der Waals surface area (Å²) in [5.41, 5.74) is 2.21. The summed E-state index contributed by atoms with van der Waals surface area (Å²) in [6.07, 6.45) is 8.30. The first-order valence-electron chi connectivity index (χ1n) is 7.23. The van der Waals surface area contributed by atoms with E-state index in [4.69, 9.17) is 9.39 Å². The van der Waals surface area contributed by atoms with E-state index in [9.17, 15) is 10.1 Å². The maximum absolute atomic E-state index is 9.85. The first-order chi connectivity index (χ1) is 10.5. The molecule has 6 heteroatoms. The first kappa shape index (κ1) is 17.4. The normalized spacial score (nSPS) is 18.6. The van der Waals surface area contributed by atoms with Crippen LogP contribution in [0, 0.1) is 3.57 Å². The quantitative estimate of drug-likeness (QED) is 0.439. The average molecular weight is 414 g/mol. The monoisotopic (exact) mass is 414 g/mol. The fourth-order valence-corrected chi connectivity index (χ4v) is 3.00. The summed E-state index contributed by atoms with van der Waals surface area (Å²) < 4.78 is 11.4. The van der Waals surface area contributed by atoms with E-state index in [0.717, 1.165) is 22.0 Å². The Balaban J connectivity index is 2.01. The molecule has 0 saturated carbocycles. The van der Waals surface area contributed by atoms with Crippen molar-refractivity contribution < 1.29 is 19.5 Å². The standard InChI is InChI=1S/C16H20BIO4/c1-11(5-6-13-4-3-7-17(20)22-13)8-12-9-14(18)16(19)15(10-12)21-2/h3-4,8-10,13,19-20H,5-7H2,1-2H3/b11-8+/t13-/m0/s1. The van der Waals surface area contributed by atoms with Crippen LogP contribution in [0.25, 0.3) is 6.08 Å². The summed E-state index contributed by atoms with van der Waals surface area (Å²) >= 11 is 2.09. The van der Waals surface area contributed by atoms with Crippen LogP contribution < -0.4 is 4.74 Å². The Morgan fingerprint density at radius 3 is 3.00 bits per heavy atom. The number of methoxy groups -OCH3 is 1. The number of phenols is 1. The minimum absolute atomic E-state index is 0.0263. The molecule has 2 rings (SSSR count). The molecule has 1 aromatic rings. The number of rotatable bonds is 5. The van der Waals surface area contributed by atoms with Crippen LogP contribution >= 0.6 is 22.6 Å². The zero-order valence-electron chi connectivity index (χ0n) is 12.8. The number of hydrogen-bond acceptors (Lipinski definition) is 4. The predicted molar refractivity (Wildman–Crippen MR) is 97.1 cm³/mol. The molecule has 0 saturated heterocycles. The van der Waals surface area contributed by atoms with Gasteiger partial charge >= 0.3 is 7.12 Å². The molecule has 0 radical (unpaired) electrons. The highest BCUT2D eigenvalue weighted by Gasteiger charge is 2.20. The van der Waals surface area contributed by atoms with Gasteiger partial charge in [0.25, 0.3) is 0 Å². The van der Waals surface area contributed by atoms with Gasteiger partial charge in [-0.2, -0.15) is 0 Å². The van der Waals surface area contributed by atoms with Gasteiger partial charge < -0.3 is 19.5 Å². The zero-order chi connectivity index (χ0) is 16.1. The smallest absolute Gasteiger partial charge is 0.458 e. The van der Waals surface area contributed by atoms with Crippen LogP contribution in [0.4, 0.5) is 0 Å². The number of ether oxygens (including phenoxy) is 1. The molecule has 4 nitrogen and oxygen atoms in total. The summed E-state index contributed by atoms with van der Waals surface area (Å²) in [5, 5.41) is 19.3. The van der Waals surface area contributed by atoms with E-state index in [-0.39, 0.29) is 11.9 Å². The van der Waals surface area contributed by atoms with Crippen molar-refractivity contribution in [3.8, 4) is 11.5 Å². The largest absolute Gasteiger partial charge is 0.504 e. The molecule has 2 N–H and O–H groups in total. The Bertz CT molecular complexity index is 586. The van der Waals surface area contributed by atoms with Gasteiger partial charge in [-0.05, 0) is 60.1 Å². The molecule has 1 heterocycles. The van der Waals surface area contributed by atoms with Crippen LogP contribution in [0.2, 0.25) is 6.32 Å². The van der Waals surface area contributed by atoms with Crippen molar-refractivity contribution >= 4 is 35.8 Å². The molecule has 0 aromatic heterocycles. The highest BCUT2D eigenvalue weighted by Crippen LogP contribution is 2.33. The molecule has 0 unspecified atom stereocenters. The van der Waals surface area contributed by atoms with E-state index in [0.29, 0.717) is 12.1 Å². The van der Waals surface area contributed by atoms with E-state index in [1.165, 1.54) is 5.57 Å². The van der Waals surface area contributed by atoms with Gasteiger partial charge in [0.1, 0.15) is 0 Å². The maximum atomic E-state index is 9.85. The van der Waals surface area contributed by atoms with Crippen molar-refractivity contribution in [3.63, 3.8) is 0 Å². The van der Waals surface area contributed by atoms with Crippen LogP contribution in [0.5, 0.6) is 11.5 Å². The van der Waals surface area contributed by atoms with Gasteiger partial charge in [0.2, 0.25) is 0 Å². The molecular weight excluding hydrogens is 394 g/mol. The Hall–Kier alpha value is -0.985. The van der Waals surface area contributed by atoms with Crippen LogP contribution in [0.15, 0.2) is 29.9 Å². The van der Waals surface area contributed by atoms with Gasteiger partial charge in [0, 0.05) is 6.32 Å². The molecule has 0 amide bonds. The lowest BCUT2D eigenvalue weighted by molar-refractivity contribution is 0.192. The van der Waals surface area contributed by atoms with E-state index < -0.39 is 7.12 Å². The van der Waals surface area contributed by atoms with Crippen LogP contribution in [0.1, 0.15) is 25.3 Å². The molecule has 1 aliphatic heterocycles. The third-order valence-electron chi connectivity index (χ3n) is 3.53. The van der Waals surface area contributed by atoms with E-state index in [1.54, 1.807) is 7.11 Å². The zero-order valence-corrected chi connectivity index (χ0v) is 14.9. The molecule has 1 atom stereocenters. The predicted octanol–water partition coefficient (Wildman–Crippen LogP) is 3.62. The fourth-order valence-electron chi connectivity index (χ4n) is 2.37. The molecule has 0 fully saturated rings. The third kappa shape index (κ3) is 4.76. The van der Waals surface area contributed by atoms with Crippen LogP contribution in [-0.4, -0.2) is 30.5 Å². The molecule has 118 valence electrons. The fraction of sp³-hybridized carbons (Fsp3) is 0.375. The van der Waals surface area contributed by atoms with Gasteiger partial charge in [-0.15, -0.1) is 0 Å². The van der Waals surface area contributed by atoms with Crippen molar-refractivity contribution in [1.82, 2.24) is 0 Å². The van der Waals surface area contributed by atoms with Crippen LogP contribution in [-0.2, 0) is 4.65 Å². The Morgan fingerprint density at radius 2 is 2.32 bits per heavy atom. The van der Waals surface area contributed by atoms with Crippen LogP contribution in [0.3, 0.4) is 0 Å². The van der Waals surface area contributed by atoms with E-state index in [1.807, 2.05) is 24.3 Å². The van der Waals surface area contributed by atoms with Gasteiger partial charge in [-0.1, -0.05) is 23.8 Å². The van der Waals surface area contributed by atoms with Gasteiger partial charge in [0.05, 0.1) is 16.8 Å². The topological polar surface area (TPSA) is 58.9 Å². The van der Waals surface area contributed by atoms with E-state index >= 15 is 0 Å². The summed E-state index contributed by atoms with van der Waals surface area (Å²) in [5.74, 6) is 0.653. The Morgan fingerprint density at radius 1 is 1.55 bits per heavy atom. The highest BCUT2D eigenvalue weighted by atomic mass is 127. The van der Waals surface area contributed by atoms with Gasteiger partial charge in [0.15, 0.2) is 11.5 Å². The second-order valence-electron chi connectivity index (χ2n) is 5.38. The van der Waals surface area contributed by atoms with Crippen molar-refractivity contribution in [2.75, 3.05) is 7.11 Å². The number of allylic oxidation sites excluding steroid dienone is 2. The molecular formula is C16H20BIO4. The third-order valence-corrected chi connectivity index (χ3v) is 4.35. The summed E-state index contributed by atoms with van der Waals surface area (Å²) in [4.78, 5) is 0. The summed E-state index contributed by atoms with van der Waals surface area (Å²) in [6, 6.07) is 3.74. The van der Waals surface area contributed by atoms with Crippen molar-refractivity contribution in [3.05, 3.63) is 39.0 Å². The lowest BCUT2D eigenvalue weighted by Gasteiger charge is -2.20. The second-order valence-corrected chi connectivity index (χ2v) is 6.54. The van der Waals surface area contributed by atoms with E-state index in [2.05, 4.69) is 35.6 Å². The Labute approximate surface area is 145 Å². The average Bonchev–Trinajstić information content (AvgIpc) is 2.49. The number of aromatic hydroxyl groups is 1. The summed E-state index contributed by atoms with van der Waals surface area (Å²) in [7, 11) is 0.867. The molecule has 0 aliphatic carbocycles. The summed E-state index contributed by atoms with van der Waals surface area (Å²) in [6.45, 7) is 2.06. The lowest BCUT2D eigenvalue weighted by Crippen LogP contribution is -2.27. The molecule has 0 spiro atoms. The number of halogens is 1. The molecule has 1 aliphatic rings. The minimum atomic E-state index is -0.678. The van der Waals surface area contributed by atoms with Crippen molar-refractivity contribution in [1.29, 1.82) is 0 Å². The first-order valence-corrected chi connectivity index (χ1v) is 8.31. The van der Waals surface area contributed by atoms with Gasteiger partial charge in [-0.25, -0.2) is 0 Å². The highest BCUT2D eigenvalue weighted by molar-refractivity contribution is 14.1. The SMILES string of the molecule is COc1cc(/C=C(\C)CC[C@@H]2C=CCB(O)O2)cc(I)c1O. The number of phenolic OH excluding ortho intramolecular Hbond substituents is 1. The molecule has 0 bridgehead atoms. The van der Waals surface area contributed by atoms with Crippen molar-refractivity contribution in [2.45, 2.75) is 32.2 Å². The lowest BCUT2D eigenvalue weighted by atomic mass is 9.82. The number of benzene rings is 1. The minimum Gasteiger partial charge on any atom is -0.504 e. The Kier molecular flexibility index (Phi) is 6.34. The van der Waals surface area contributed by atoms with Gasteiger partial charge in [-0.3, -0.25) is 0 Å². The molecule has 22 heavy (non-hydrogen) atoms. The van der Waals surface area contributed by atoms with Crippen molar-refractivity contribution in [2.24, 2.45) is 0 Å². The number of hydrogen-bond donors (Lipinski definition) is 2. The second kappa shape index (κ2) is 8.03.